The van der Waals surface area contributed by atoms with Crippen LogP contribution in [0.3, 0.4) is 0 Å². The van der Waals surface area contributed by atoms with Crippen LogP contribution in [0.4, 0.5) is 4.79 Å². The molecule has 2 saturated heterocycles. The van der Waals surface area contributed by atoms with E-state index in [4.69, 9.17) is 9.47 Å². The number of carbonyl (C=O) groups excluding carboxylic acids is 2. The number of aliphatic hydroxyl groups is 1. The molecule has 2 amide bonds. The molecule has 0 bridgehead atoms. The number of carboxylic acids is 1. The molecule has 3 aliphatic rings. The van der Waals surface area contributed by atoms with Gasteiger partial charge >= 0.3 is 12.1 Å². The third kappa shape index (κ3) is 4.37. The van der Waals surface area contributed by atoms with E-state index in [0.29, 0.717) is 13.0 Å². The molecule has 0 aromatic heterocycles. The largest absolute Gasteiger partial charge is 0.479 e. The highest BCUT2D eigenvalue weighted by Crippen LogP contribution is 2.44. The normalized spacial score (nSPS) is 25.2. The van der Waals surface area contributed by atoms with Crippen molar-refractivity contribution >= 4 is 18.0 Å². The molecule has 9 nitrogen and oxygen atoms in total. The summed E-state index contributed by atoms with van der Waals surface area (Å²) >= 11 is 0. The number of aliphatic carboxylic acids is 1. The van der Waals surface area contributed by atoms with E-state index in [9.17, 15) is 24.6 Å². The van der Waals surface area contributed by atoms with E-state index in [1.807, 2.05) is 24.3 Å². The number of likely N-dealkylation sites (tertiary alicyclic amines) is 1. The number of rotatable bonds is 6. The van der Waals surface area contributed by atoms with Crippen molar-refractivity contribution in [2.45, 2.75) is 30.5 Å². The molecule has 0 spiro atoms. The van der Waals surface area contributed by atoms with Gasteiger partial charge < -0.3 is 29.9 Å². The zero-order chi connectivity index (χ0) is 24.6. The highest BCUT2D eigenvalue weighted by molar-refractivity contribution is 5.85. The van der Waals surface area contributed by atoms with Crippen molar-refractivity contribution in [1.82, 2.24) is 10.2 Å². The number of nitrogens with one attached hydrogen (secondary N) is 1. The van der Waals surface area contributed by atoms with Crippen molar-refractivity contribution in [1.29, 1.82) is 0 Å². The Labute approximate surface area is 202 Å². The van der Waals surface area contributed by atoms with Crippen LogP contribution < -0.4 is 5.32 Å². The van der Waals surface area contributed by atoms with Crippen LogP contribution in [-0.2, 0) is 19.1 Å². The van der Waals surface area contributed by atoms with E-state index in [1.54, 1.807) is 0 Å². The molecule has 3 N–H and O–H groups in total. The summed E-state index contributed by atoms with van der Waals surface area (Å²) in [6.45, 7) is 0.640. The predicted molar refractivity (Wildman–Crippen MR) is 125 cm³/mol. The number of ether oxygens (including phenoxy) is 2. The van der Waals surface area contributed by atoms with Crippen molar-refractivity contribution < 1.29 is 34.1 Å². The summed E-state index contributed by atoms with van der Waals surface area (Å²) in [5, 5.41) is 22.1. The minimum Gasteiger partial charge on any atom is -0.479 e. The van der Waals surface area contributed by atoms with Gasteiger partial charge in [0.1, 0.15) is 12.7 Å². The van der Waals surface area contributed by atoms with Crippen LogP contribution in [0.1, 0.15) is 29.9 Å². The number of benzene rings is 2. The summed E-state index contributed by atoms with van der Waals surface area (Å²) in [6, 6.07) is 16.2. The lowest BCUT2D eigenvalue weighted by molar-refractivity contribution is -0.158. The van der Waals surface area contributed by atoms with Gasteiger partial charge in [-0.05, 0) is 28.7 Å². The number of hydrogen-bond acceptors (Lipinski definition) is 6. The molecule has 35 heavy (non-hydrogen) atoms. The molecule has 5 rings (SSSR count). The van der Waals surface area contributed by atoms with Crippen LogP contribution in [0, 0.1) is 5.92 Å². The number of hydrogen-bond donors (Lipinski definition) is 3. The Morgan fingerprint density at radius 3 is 2.37 bits per heavy atom. The van der Waals surface area contributed by atoms with Crippen LogP contribution in [0.25, 0.3) is 11.1 Å². The molecule has 1 aliphatic carbocycles. The summed E-state index contributed by atoms with van der Waals surface area (Å²) in [4.78, 5) is 38.0. The second kappa shape index (κ2) is 9.31. The first kappa shape index (κ1) is 23.3. The molecule has 3 atom stereocenters. The lowest BCUT2D eigenvalue weighted by Gasteiger charge is -2.25. The number of fused-ring (bicyclic) bond motifs is 3. The zero-order valence-electron chi connectivity index (χ0n) is 19.2. The van der Waals surface area contributed by atoms with E-state index in [1.165, 1.54) is 4.90 Å². The topological polar surface area (TPSA) is 125 Å². The highest BCUT2D eigenvalue weighted by Gasteiger charge is 2.47. The van der Waals surface area contributed by atoms with Crippen molar-refractivity contribution in [2.24, 2.45) is 5.92 Å². The first-order valence-corrected chi connectivity index (χ1v) is 11.8. The molecule has 1 unspecified atom stereocenters. The van der Waals surface area contributed by atoms with Crippen LogP contribution >= 0.6 is 0 Å². The molecular formula is C26H28N2O7. The van der Waals surface area contributed by atoms with Crippen LogP contribution in [0.5, 0.6) is 0 Å². The van der Waals surface area contributed by atoms with Crippen LogP contribution in [-0.4, -0.2) is 77.6 Å². The standard InChI is InChI=1S/C26H28N2O7/c29-23(28-11-10-26(33,15-28)24(30)31)22-16(9-12-34-22)13-27-25(32)35-14-21-19-7-3-1-5-17(19)18-6-2-4-8-20(18)21/h1-8,16,21-22,33H,9-15H2,(H,27,32)(H,30,31)/t16-,22-,26?/m1/s1. The van der Waals surface area contributed by atoms with Gasteiger partial charge in [-0.25, -0.2) is 9.59 Å². The van der Waals surface area contributed by atoms with E-state index in [0.717, 1.165) is 22.3 Å². The number of β-amino-alcohol motifs (C(OH)–C–C–N with tert-alkyl or cyclic N) is 1. The van der Waals surface area contributed by atoms with Gasteiger partial charge in [0.25, 0.3) is 5.91 Å². The second-order valence-electron chi connectivity index (χ2n) is 9.39. The van der Waals surface area contributed by atoms with Crippen LogP contribution in [0.15, 0.2) is 48.5 Å². The number of amides is 2. The molecule has 184 valence electrons. The van der Waals surface area contributed by atoms with Crippen molar-refractivity contribution in [2.75, 3.05) is 32.8 Å². The maximum atomic E-state index is 12.9. The van der Waals surface area contributed by atoms with Crippen molar-refractivity contribution in [3.05, 3.63) is 59.7 Å². The monoisotopic (exact) mass is 480 g/mol. The van der Waals surface area contributed by atoms with Crippen molar-refractivity contribution in [3.63, 3.8) is 0 Å². The number of carboxylic acid groups (broad SMARTS) is 1. The summed E-state index contributed by atoms with van der Waals surface area (Å²) in [5.41, 5.74) is 2.63. The zero-order valence-corrected chi connectivity index (χ0v) is 19.2. The smallest absolute Gasteiger partial charge is 0.407 e. The summed E-state index contributed by atoms with van der Waals surface area (Å²) in [5.74, 6) is -2.01. The Morgan fingerprint density at radius 2 is 1.74 bits per heavy atom. The molecule has 0 radical (unpaired) electrons. The molecule has 2 heterocycles. The van der Waals surface area contributed by atoms with Gasteiger partial charge in [0.05, 0.1) is 6.54 Å². The Kier molecular flexibility index (Phi) is 6.21. The molecule has 2 aliphatic heterocycles. The maximum absolute atomic E-state index is 12.9. The molecular weight excluding hydrogens is 452 g/mol. The Balaban J connectivity index is 1.15. The van der Waals surface area contributed by atoms with Gasteiger partial charge in [0.2, 0.25) is 0 Å². The Hall–Kier alpha value is -3.43. The van der Waals surface area contributed by atoms with Gasteiger partial charge in [0, 0.05) is 38.0 Å². The third-order valence-corrected chi connectivity index (χ3v) is 7.27. The predicted octanol–water partition coefficient (Wildman–Crippen LogP) is 1.98. The molecule has 2 fully saturated rings. The number of alkyl carbamates (subject to hydrolysis) is 1. The minimum absolute atomic E-state index is 0.0243. The molecule has 0 saturated carbocycles. The lowest BCUT2D eigenvalue weighted by Crippen LogP contribution is -2.47. The van der Waals surface area contributed by atoms with E-state index in [2.05, 4.69) is 29.6 Å². The third-order valence-electron chi connectivity index (χ3n) is 7.27. The first-order valence-electron chi connectivity index (χ1n) is 11.8. The summed E-state index contributed by atoms with van der Waals surface area (Å²) in [7, 11) is 0. The van der Waals surface area contributed by atoms with Crippen LogP contribution in [0.2, 0.25) is 0 Å². The van der Waals surface area contributed by atoms with Gasteiger partial charge in [-0.1, -0.05) is 48.5 Å². The van der Waals surface area contributed by atoms with Gasteiger partial charge in [-0.3, -0.25) is 4.79 Å². The number of nitrogens with zero attached hydrogens (tertiary/aromatic N) is 1. The fourth-order valence-corrected chi connectivity index (χ4v) is 5.32. The summed E-state index contributed by atoms with van der Waals surface area (Å²) < 4.78 is 11.2. The molecule has 9 heteroatoms. The van der Waals surface area contributed by atoms with Crippen molar-refractivity contribution in [3.8, 4) is 11.1 Å². The van der Waals surface area contributed by atoms with Gasteiger partial charge in [-0.15, -0.1) is 0 Å². The fourth-order valence-electron chi connectivity index (χ4n) is 5.32. The second-order valence-corrected chi connectivity index (χ2v) is 9.39. The molecule has 2 aromatic carbocycles. The van der Waals surface area contributed by atoms with E-state index >= 15 is 0 Å². The molecule has 2 aromatic rings. The highest BCUT2D eigenvalue weighted by atomic mass is 16.5. The number of carbonyl (C=O) groups is 3. The fraction of sp³-hybridized carbons (Fsp3) is 0.423. The SMILES string of the molecule is O=C(NC[C@H]1CCO[C@H]1C(=O)N1CCC(O)(C(=O)O)C1)OCC1c2ccccc2-c2ccccc21. The Bertz CT molecular complexity index is 1110. The van der Waals surface area contributed by atoms with E-state index < -0.39 is 23.8 Å². The van der Waals surface area contributed by atoms with Gasteiger partial charge in [-0.2, -0.15) is 0 Å². The average molecular weight is 481 g/mol. The van der Waals surface area contributed by atoms with E-state index in [-0.39, 0.29) is 50.4 Å². The average Bonchev–Trinajstić information content (AvgIpc) is 3.57. The minimum atomic E-state index is -1.93. The summed E-state index contributed by atoms with van der Waals surface area (Å²) in [6.07, 6.45) is -0.799. The quantitative estimate of drug-likeness (QED) is 0.577. The maximum Gasteiger partial charge on any atom is 0.407 e. The lowest BCUT2D eigenvalue weighted by atomic mass is 9.98. The van der Waals surface area contributed by atoms with Gasteiger partial charge in [0.15, 0.2) is 5.60 Å². The Morgan fingerprint density at radius 1 is 1.09 bits per heavy atom. The first-order chi connectivity index (χ1) is 16.9.